The number of nitrogen functional groups attached to an aromatic ring is 1. The van der Waals surface area contributed by atoms with E-state index >= 15 is 0 Å². The summed E-state index contributed by atoms with van der Waals surface area (Å²) in [6.07, 6.45) is 0.681. The molecule has 1 aromatic heterocycles. The van der Waals surface area contributed by atoms with E-state index in [2.05, 4.69) is 15.3 Å². The Morgan fingerprint density at radius 3 is 2.34 bits per heavy atom. The van der Waals surface area contributed by atoms with Gasteiger partial charge in [-0.2, -0.15) is 0 Å². The fourth-order valence-corrected chi connectivity index (χ4v) is 4.20. The van der Waals surface area contributed by atoms with Crippen molar-refractivity contribution in [3.05, 3.63) is 70.4 Å². The minimum Gasteiger partial charge on any atom is -0.383 e. The fraction of sp³-hybridized carbons (Fsp3) is 0.250. The summed E-state index contributed by atoms with van der Waals surface area (Å²) in [5, 5.41) is 3.95. The van der Waals surface area contributed by atoms with Crippen LogP contribution in [-0.2, 0) is 11.2 Å². The molecule has 1 unspecified atom stereocenters. The Hall–Kier alpha value is -2.90. The maximum absolute atomic E-state index is 12.6. The highest BCUT2D eigenvalue weighted by atomic mass is 35.5. The molecular formula is C24H25ClN4O2S. The minimum absolute atomic E-state index is 0.0317. The number of hydrogen-bond acceptors (Lipinski definition) is 6. The summed E-state index contributed by atoms with van der Waals surface area (Å²) in [7, 11) is 0. The second-order valence-electron chi connectivity index (χ2n) is 7.33. The van der Waals surface area contributed by atoms with Crippen LogP contribution in [0.3, 0.4) is 0 Å². The van der Waals surface area contributed by atoms with E-state index in [1.807, 2.05) is 38.1 Å². The number of rotatable bonds is 8. The van der Waals surface area contributed by atoms with Crippen molar-refractivity contribution < 1.29 is 9.59 Å². The predicted molar refractivity (Wildman–Crippen MR) is 130 cm³/mol. The second kappa shape index (κ2) is 10.6. The van der Waals surface area contributed by atoms with Crippen LogP contribution >= 0.6 is 23.4 Å². The van der Waals surface area contributed by atoms with Crippen LogP contribution < -0.4 is 11.1 Å². The van der Waals surface area contributed by atoms with Gasteiger partial charge in [0.2, 0.25) is 5.91 Å². The molecule has 8 heteroatoms. The lowest BCUT2D eigenvalue weighted by molar-refractivity contribution is -0.119. The molecule has 0 spiro atoms. The summed E-state index contributed by atoms with van der Waals surface area (Å²) in [5.41, 5.74) is 10.3. The Morgan fingerprint density at radius 1 is 1.09 bits per heavy atom. The van der Waals surface area contributed by atoms with Gasteiger partial charge in [-0.05, 0) is 36.6 Å². The van der Waals surface area contributed by atoms with E-state index in [0.29, 0.717) is 28.0 Å². The van der Waals surface area contributed by atoms with Gasteiger partial charge in [-0.15, -0.1) is 0 Å². The molecule has 3 rings (SSSR count). The minimum atomic E-state index is -0.117. The molecule has 0 radical (unpaired) electrons. The quantitative estimate of drug-likeness (QED) is 0.270. The zero-order valence-electron chi connectivity index (χ0n) is 18.2. The van der Waals surface area contributed by atoms with Gasteiger partial charge in [0.25, 0.3) is 0 Å². The Balaban J connectivity index is 1.71. The number of ketones is 1. The summed E-state index contributed by atoms with van der Waals surface area (Å²) in [6.45, 7) is 5.38. The fourth-order valence-electron chi connectivity index (χ4n) is 3.31. The van der Waals surface area contributed by atoms with Crippen LogP contribution in [0.15, 0.2) is 53.7 Å². The number of nitrogens with one attached hydrogen (secondary N) is 1. The zero-order valence-corrected chi connectivity index (χ0v) is 19.8. The zero-order chi connectivity index (χ0) is 23.3. The molecule has 0 aliphatic carbocycles. The summed E-state index contributed by atoms with van der Waals surface area (Å²) < 4.78 is 0. The first-order valence-electron chi connectivity index (χ1n) is 10.2. The topological polar surface area (TPSA) is 98.0 Å². The number of thioether (sulfide) groups is 1. The highest BCUT2D eigenvalue weighted by Gasteiger charge is 2.16. The first-order chi connectivity index (χ1) is 15.3. The van der Waals surface area contributed by atoms with E-state index in [-0.39, 0.29) is 23.5 Å². The van der Waals surface area contributed by atoms with Crippen molar-refractivity contribution in [3.8, 4) is 11.1 Å². The van der Waals surface area contributed by atoms with Gasteiger partial charge in [-0.1, -0.05) is 66.7 Å². The van der Waals surface area contributed by atoms with Crippen molar-refractivity contribution >= 4 is 40.9 Å². The maximum Gasteiger partial charge on any atom is 0.217 e. The number of hydrogen-bond donors (Lipinski definition) is 2. The summed E-state index contributed by atoms with van der Waals surface area (Å²) in [5.74, 6) is 0.451. The standard InChI is InChI=1S/C24H25ClN4O2S/c1-4-20-22(18-9-11-19(25)12-10-18)23(26)29-24(28-20)32-13-21(31)17-7-5-16(6-8-17)14(2)27-15(3)30/h5-12,14H,4,13H2,1-3H3,(H,27,30)(H2,26,28,29). The molecule has 1 atom stereocenters. The molecule has 3 N–H and O–H groups in total. The molecule has 0 aliphatic rings. The molecule has 0 aliphatic heterocycles. The Morgan fingerprint density at radius 2 is 1.75 bits per heavy atom. The molecule has 1 heterocycles. The third kappa shape index (κ3) is 5.87. The number of nitrogens with zero attached hydrogens (tertiary/aromatic N) is 2. The van der Waals surface area contributed by atoms with Crippen LogP contribution in [0.1, 0.15) is 48.4 Å². The van der Waals surface area contributed by atoms with Crippen LogP contribution in [-0.4, -0.2) is 27.4 Å². The summed E-state index contributed by atoms with van der Waals surface area (Å²) in [4.78, 5) is 32.9. The lowest BCUT2D eigenvalue weighted by atomic mass is 10.0. The molecule has 32 heavy (non-hydrogen) atoms. The largest absolute Gasteiger partial charge is 0.383 e. The van der Waals surface area contributed by atoms with Crippen LogP contribution in [0.4, 0.5) is 5.82 Å². The lowest BCUT2D eigenvalue weighted by Crippen LogP contribution is -2.23. The van der Waals surface area contributed by atoms with Crippen molar-refractivity contribution in [2.75, 3.05) is 11.5 Å². The molecule has 3 aromatic rings. The molecule has 0 bridgehead atoms. The van der Waals surface area contributed by atoms with Gasteiger partial charge in [0.1, 0.15) is 5.82 Å². The SMILES string of the molecule is CCc1nc(SCC(=O)c2ccc(C(C)NC(C)=O)cc2)nc(N)c1-c1ccc(Cl)cc1. The number of carbonyl (C=O) groups excluding carboxylic acids is 2. The smallest absolute Gasteiger partial charge is 0.217 e. The van der Waals surface area contributed by atoms with Crippen molar-refractivity contribution in [1.29, 1.82) is 0 Å². The highest BCUT2D eigenvalue weighted by Crippen LogP contribution is 2.31. The number of anilines is 1. The lowest BCUT2D eigenvalue weighted by Gasteiger charge is -2.13. The first kappa shape index (κ1) is 23.8. The number of Topliss-reactive ketones (excluding diaryl/α,β-unsaturated/α-hetero) is 1. The number of benzene rings is 2. The first-order valence-corrected chi connectivity index (χ1v) is 11.6. The Labute approximate surface area is 197 Å². The third-order valence-corrected chi connectivity index (χ3v) is 6.04. The van der Waals surface area contributed by atoms with Crippen molar-refractivity contribution in [1.82, 2.24) is 15.3 Å². The second-order valence-corrected chi connectivity index (χ2v) is 8.71. The molecule has 0 fully saturated rings. The third-order valence-electron chi connectivity index (χ3n) is 4.94. The van der Waals surface area contributed by atoms with Crippen LogP contribution in [0.25, 0.3) is 11.1 Å². The molecule has 166 valence electrons. The van der Waals surface area contributed by atoms with Crippen LogP contribution in [0, 0.1) is 0 Å². The van der Waals surface area contributed by atoms with Gasteiger partial charge >= 0.3 is 0 Å². The summed E-state index contributed by atoms with van der Waals surface area (Å²) >= 11 is 7.25. The van der Waals surface area contributed by atoms with E-state index in [0.717, 1.165) is 22.4 Å². The van der Waals surface area contributed by atoms with Gasteiger partial charge < -0.3 is 11.1 Å². The molecule has 0 saturated heterocycles. The van der Waals surface area contributed by atoms with Crippen molar-refractivity contribution in [2.45, 2.75) is 38.4 Å². The number of halogens is 1. The number of carbonyl (C=O) groups is 2. The number of aromatic nitrogens is 2. The summed E-state index contributed by atoms with van der Waals surface area (Å²) in [6, 6.07) is 14.5. The monoisotopic (exact) mass is 468 g/mol. The van der Waals surface area contributed by atoms with Gasteiger partial charge in [-0.25, -0.2) is 9.97 Å². The van der Waals surface area contributed by atoms with Gasteiger partial charge in [0, 0.05) is 23.1 Å². The van der Waals surface area contributed by atoms with Crippen molar-refractivity contribution in [3.63, 3.8) is 0 Å². The molecule has 0 saturated carbocycles. The molecule has 6 nitrogen and oxygen atoms in total. The Kier molecular flexibility index (Phi) is 7.88. The van der Waals surface area contributed by atoms with Crippen LogP contribution in [0.5, 0.6) is 0 Å². The molecule has 1 amide bonds. The van der Waals surface area contributed by atoms with E-state index in [1.54, 1.807) is 24.3 Å². The van der Waals surface area contributed by atoms with Gasteiger partial charge in [-0.3, -0.25) is 9.59 Å². The molecular weight excluding hydrogens is 444 g/mol. The maximum atomic E-state index is 12.6. The average molecular weight is 469 g/mol. The van der Waals surface area contributed by atoms with Crippen molar-refractivity contribution in [2.24, 2.45) is 0 Å². The van der Waals surface area contributed by atoms with E-state index < -0.39 is 0 Å². The number of aryl methyl sites for hydroxylation is 1. The van der Waals surface area contributed by atoms with E-state index in [9.17, 15) is 9.59 Å². The number of amides is 1. The highest BCUT2D eigenvalue weighted by molar-refractivity contribution is 7.99. The predicted octanol–water partition coefficient (Wildman–Crippen LogP) is 5.11. The Bertz CT molecular complexity index is 1120. The van der Waals surface area contributed by atoms with Crippen LogP contribution in [0.2, 0.25) is 5.02 Å². The normalized spacial score (nSPS) is 11.8. The average Bonchev–Trinajstić information content (AvgIpc) is 2.77. The van der Waals surface area contributed by atoms with Gasteiger partial charge in [0.15, 0.2) is 10.9 Å². The van der Waals surface area contributed by atoms with E-state index in [1.165, 1.54) is 18.7 Å². The number of nitrogens with two attached hydrogens (primary N) is 1. The molecule has 2 aromatic carbocycles. The van der Waals surface area contributed by atoms with E-state index in [4.69, 9.17) is 17.3 Å². The van der Waals surface area contributed by atoms with Gasteiger partial charge in [0.05, 0.1) is 17.5 Å².